The van der Waals surface area contributed by atoms with Crippen molar-refractivity contribution in [3.8, 4) is 0 Å². The fourth-order valence-corrected chi connectivity index (χ4v) is 1.74. The summed E-state index contributed by atoms with van der Waals surface area (Å²) in [7, 11) is 1.73. The summed E-state index contributed by atoms with van der Waals surface area (Å²) >= 11 is 0. The molecule has 1 rings (SSSR count). The highest BCUT2D eigenvalue weighted by Crippen LogP contribution is 2.17. The summed E-state index contributed by atoms with van der Waals surface area (Å²) in [6.45, 7) is 0.508. The standard InChI is InChI=1S/C10H20N4O/c1-14(7-6-9(11)12)10(15)13-8-4-2-3-5-8/h8H,2-7H2,1H3,(H3,11,12)(H,13,15). The van der Waals surface area contributed by atoms with Gasteiger partial charge in [-0.2, -0.15) is 0 Å². The zero-order valence-electron chi connectivity index (χ0n) is 9.25. The summed E-state index contributed by atoms with van der Waals surface area (Å²) in [4.78, 5) is 13.2. The van der Waals surface area contributed by atoms with Gasteiger partial charge in [0.05, 0.1) is 5.84 Å². The molecule has 0 aromatic heterocycles. The minimum atomic E-state index is -0.0526. The van der Waals surface area contributed by atoms with E-state index in [1.807, 2.05) is 0 Å². The Morgan fingerprint density at radius 1 is 1.53 bits per heavy atom. The molecule has 0 spiro atoms. The minimum absolute atomic E-state index is 0.0526. The minimum Gasteiger partial charge on any atom is -0.388 e. The van der Waals surface area contributed by atoms with E-state index < -0.39 is 0 Å². The van der Waals surface area contributed by atoms with Crippen molar-refractivity contribution in [1.82, 2.24) is 10.2 Å². The maximum absolute atomic E-state index is 11.6. The number of nitrogens with two attached hydrogens (primary N) is 1. The van der Waals surface area contributed by atoms with Crippen LogP contribution in [0.15, 0.2) is 0 Å². The number of nitrogens with zero attached hydrogens (tertiary/aromatic N) is 1. The molecule has 0 saturated heterocycles. The average molecular weight is 212 g/mol. The first-order valence-corrected chi connectivity index (χ1v) is 5.44. The molecule has 0 heterocycles. The van der Waals surface area contributed by atoms with Gasteiger partial charge in [0.2, 0.25) is 0 Å². The van der Waals surface area contributed by atoms with Crippen molar-refractivity contribution >= 4 is 11.9 Å². The number of hydrogen-bond acceptors (Lipinski definition) is 2. The van der Waals surface area contributed by atoms with Crippen LogP contribution in [0, 0.1) is 5.41 Å². The van der Waals surface area contributed by atoms with E-state index >= 15 is 0 Å². The molecule has 1 saturated carbocycles. The molecule has 0 aromatic carbocycles. The van der Waals surface area contributed by atoms with Crippen molar-refractivity contribution in [2.75, 3.05) is 13.6 Å². The van der Waals surface area contributed by atoms with Crippen LogP contribution in [0.2, 0.25) is 0 Å². The maximum Gasteiger partial charge on any atom is 0.317 e. The van der Waals surface area contributed by atoms with Crippen molar-refractivity contribution in [1.29, 1.82) is 5.41 Å². The highest BCUT2D eigenvalue weighted by atomic mass is 16.2. The Kier molecular flexibility index (Phi) is 4.39. The second kappa shape index (κ2) is 5.58. The molecule has 1 aliphatic rings. The third kappa shape index (κ3) is 4.18. The lowest BCUT2D eigenvalue weighted by atomic mass is 10.2. The molecule has 1 aliphatic carbocycles. The summed E-state index contributed by atoms with van der Waals surface area (Å²) in [6.07, 6.45) is 5.04. The first kappa shape index (κ1) is 11.8. The van der Waals surface area contributed by atoms with Crippen molar-refractivity contribution in [3.05, 3.63) is 0 Å². The van der Waals surface area contributed by atoms with Crippen molar-refractivity contribution < 1.29 is 4.79 Å². The van der Waals surface area contributed by atoms with E-state index in [1.165, 1.54) is 12.8 Å². The molecule has 0 aliphatic heterocycles. The molecular weight excluding hydrogens is 192 g/mol. The molecular formula is C10H20N4O. The molecule has 4 N–H and O–H groups in total. The van der Waals surface area contributed by atoms with Crippen LogP contribution in [-0.2, 0) is 0 Å². The molecule has 0 bridgehead atoms. The van der Waals surface area contributed by atoms with E-state index in [0.29, 0.717) is 19.0 Å². The molecule has 0 unspecified atom stereocenters. The Morgan fingerprint density at radius 3 is 2.67 bits per heavy atom. The van der Waals surface area contributed by atoms with Crippen LogP contribution >= 0.6 is 0 Å². The highest BCUT2D eigenvalue weighted by Gasteiger charge is 2.18. The molecule has 0 aromatic rings. The lowest BCUT2D eigenvalue weighted by Gasteiger charge is -2.20. The van der Waals surface area contributed by atoms with Crippen LogP contribution in [0.1, 0.15) is 32.1 Å². The smallest absolute Gasteiger partial charge is 0.317 e. The fraction of sp³-hybridized carbons (Fsp3) is 0.800. The normalized spacial score (nSPS) is 16.3. The van der Waals surface area contributed by atoms with Crippen LogP contribution in [0.4, 0.5) is 4.79 Å². The number of amides is 2. The molecule has 0 radical (unpaired) electrons. The fourth-order valence-electron chi connectivity index (χ4n) is 1.74. The summed E-state index contributed by atoms with van der Waals surface area (Å²) in [6, 6.07) is 0.292. The molecule has 15 heavy (non-hydrogen) atoms. The number of hydrogen-bond donors (Lipinski definition) is 3. The van der Waals surface area contributed by atoms with Crippen LogP contribution in [-0.4, -0.2) is 36.4 Å². The van der Waals surface area contributed by atoms with Gasteiger partial charge in [-0.3, -0.25) is 5.41 Å². The Balaban J connectivity index is 2.22. The van der Waals surface area contributed by atoms with Crippen LogP contribution in [0.3, 0.4) is 0 Å². The molecule has 86 valence electrons. The van der Waals surface area contributed by atoms with Crippen molar-refractivity contribution in [2.45, 2.75) is 38.1 Å². The number of urea groups is 1. The number of nitrogens with one attached hydrogen (secondary N) is 2. The number of carbonyl (C=O) groups excluding carboxylic acids is 1. The van der Waals surface area contributed by atoms with Crippen LogP contribution in [0.25, 0.3) is 0 Å². The molecule has 0 atom stereocenters. The van der Waals surface area contributed by atoms with Gasteiger partial charge in [-0.05, 0) is 12.8 Å². The van der Waals surface area contributed by atoms with E-state index in [4.69, 9.17) is 11.1 Å². The second-order valence-corrected chi connectivity index (χ2v) is 4.13. The summed E-state index contributed by atoms with van der Waals surface area (Å²) in [5, 5.41) is 10.0. The zero-order chi connectivity index (χ0) is 11.3. The maximum atomic E-state index is 11.6. The molecule has 1 fully saturated rings. The number of carbonyl (C=O) groups is 1. The largest absolute Gasteiger partial charge is 0.388 e. The SMILES string of the molecule is CN(CCC(=N)N)C(=O)NC1CCCC1. The summed E-state index contributed by atoms with van der Waals surface area (Å²) in [5.41, 5.74) is 5.23. The second-order valence-electron chi connectivity index (χ2n) is 4.13. The van der Waals surface area contributed by atoms with Gasteiger partial charge in [0, 0.05) is 26.1 Å². The molecule has 2 amide bonds. The zero-order valence-corrected chi connectivity index (χ0v) is 9.25. The Hall–Kier alpha value is -1.26. The monoisotopic (exact) mass is 212 g/mol. The lowest BCUT2D eigenvalue weighted by molar-refractivity contribution is 0.206. The predicted octanol–water partition coefficient (Wildman–Crippen LogP) is 0.896. The van der Waals surface area contributed by atoms with Crippen molar-refractivity contribution in [2.24, 2.45) is 5.73 Å². The van der Waals surface area contributed by atoms with Gasteiger partial charge in [-0.15, -0.1) is 0 Å². The van der Waals surface area contributed by atoms with Gasteiger partial charge >= 0.3 is 6.03 Å². The highest BCUT2D eigenvalue weighted by molar-refractivity contribution is 5.78. The van der Waals surface area contributed by atoms with E-state index in [1.54, 1.807) is 11.9 Å². The third-order valence-electron chi connectivity index (χ3n) is 2.75. The summed E-state index contributed by atoms with van der Waals surface area (Å²) in [5.74, 6) is 0.121. The molecule has 5 nitrogen and oxygen atoms in total. The number of amidine groups is 1. The van der Waals surface area contributed by atoms with E-state index in [2.05, 4.69) is 5.32 Å². The summed E-state index contributed by atoms with van der Waals surface area (Å²) < 4.78 is 0. The lowest BCUT2D eigenvalue weighted by Crippen LogP contribution is -2.42. The van der Waals surface area contributed by atoms with Crippen LogP contribution in [0.5, 0.6) is 0 Å². The van der Waals surface area contributed by atoms with E-state index in [9.17, 15) is 4.79 Å². The van der Waals surface area contributed by atoms with E-state index in [0.717, 1.165) is 12.8 Å². The Morgan fingerprint density at radius 2 is 2.13 bits per heavy atom. The average Bonchev–Trinajstić information content (AvgIpc) is 2.66. The van der Waals surface area contributed by atoms with Crippen LogP contribution < -0.4 is 11.1 Å². The third-order valence-corrected chi connectivity index (χ3v) is 2.75. The molecule has 5 heteroatoms. The van der Waals surface area contributed by atoms with Crippen molar-refractivity contribution in [3.63, 3.8) is 0 Å². The van der Waals surface area contributed by atoms with Gasteiger partial charge in [-0.25, -0.2) is 4.79 Å². The number of rotatable bonds is 4. The topological polar surface area (TPSA) is 82.2 Å². The Bertz CT molecular complexity index is 236. The van der Waals surface area contributed by atoms with Gasteiger partial charge in [0.15, 0.2) is 0 Å². The Labute approximate surface area is 90.5 Å². The van der Waals surface area contributed by atoms with Gasteiger partial charge in [-0.1, -0.05) is 12.8 Å². The van der Waals surface area contributed by atoms with Gasteiger partial charge < -0.3 is 16.0 Å². The quantitative estimate of drug-likeness (QED) is 0.478. The predicted molar refractivity (Wildman–Crippen MR) is 59.9 cm³/mol. The first-order valence-electron chi connectivity index (χ1n) is 5.44. The van der Waals surface area contributed by atoms with E-state index in [-0.39, 0.29) is 11.9 Å². The first-order chi connectivity index (χ1) is 7.09. The van der Waals surface area contributed by atoms with Gasteiger partial charge in [0.1, 0.15) is 0 Å². The van der Waals surface area contributed by atoms with Gasteiger partial charge in [0.25, 0.3) is 0 Å².